The van der Waals surface area contributed by atoms with Crippen molar-refractivity contribution < 1.29 is 4.79 Å². The van der Waals surface area contributed by atoms with Gasteiger partial charge in [-0.3, -0.25) is 4.79 Å². The summed E-state index contributed by atoms with van der Waals surface area (Å²) >= 11 is 0. The molecule has 2 nitrogen and oxygen atoms in total. The lowest BCUT2D eigenvalue weighted by Gasteiger charge is -2.25. The number of carbonyl (C=O) groups is 1. The topological polar surface area (TPSA) is 29.1 Å². The third-order valence-corrected chi connectivity index (χ3v) is 4.54. The van der Waals surface area contributed by atoms with Crippen molar-refractivity contribution in [3.05, 3.63) is 67.3 Å². The van der Waals surface area contributed by atoms with E-state index in [4.69, 9.17) is 0 Å². The van der Waals surface area contributed by atoms with Crippen LogP contribution in [0, 0.1) is 11.8 Å². The molecule has 28 heavy (non-hydrogen) atoms. The van der Waals surface area contributed by atoms with Gasteiger partial charge in [-0.1, -0.05) is 90.3 Å². The Balaban J connectivity index is 0. The smallest absolute Gasteiger partial charge is 0.231 e. The summed E-state index contributed by atoms with van der Waals surface area (Å²) in [6, 6.07) is 8.09. The number of benzene rings is 1. The molecule has 1 heterocycles. The molecule has 0 radical (unpaired) electrons. The molecule has 0 aromatic heterocycles. The van der Waals surface area contributed by atoms with Crippen molar-refractivity contribution in [3.8, 4) is 0 Å². The standard InChI is InChI=1S/C18H23NO.C4H10.C2H6.C2H4/c1-5-9-14-13(6-2)17(12(3)4)18(20)19-16-11-8-7-10-15(14)16;1-3-4-2;2*1-2/h5-8,10-12,14,17H,1,9H2,2-4H3,(H,19,20);3-4H2,1-2H3;1-2H3;1-2H2/b13-6+;;;. The molecule has 1 amide bonds. The van der Waals surface area contributed by atoms with Gasteiger partial charge >= 0.3 is 0 Å². The molecular formula is C26H43NO. The van der Waals surface area contributed by atoms with Crippen LogP contribution in [0.2, 0.25) is 0 Å². The maximum atomic E-state index is 12.6. The number of para-hydroxylation sites is 1. The minimum absolute atomic E-state index is 0.0719. The number of nitrogens with one attached hydrogen (secondary N) is 1. The number of unbranched alkanes of at least 4 members (excludes halogenated alkanes) is 1. The predicted molar refractivity (Wildman–Crippen MR) is 128 cm³/mol. The molecule has 1 aliphatic rings. The molecule has 158 valence electrons. The van der Waals surface area contributed by atoms with E-state index in [1.54, 1.807) is 0 Å². The molecule has 2 atom stereocenters. The summed E-state index contributed by atoms with van der Waals surface area (Å²) in [6.07, 6.45) is 7.55. The highest BCUT2D eigenvalue weighted by molar-refractivity contribution is 5.97. The van der Waals surface area contributed by atoms with Crippen LogP contribution in [-0.2, 0) is 4.79 Å². The monoisotopic (exact) mass is 385 g/mol. The van der Waals surface area contributed by atoms with Crippen LogP contribution in [0.5, 0.6) is 0 Å². The fourth-order valence-electron chi connectivity index (χ4n) is 3.17. The SMILES string of the molecule is C=C.C=CCC1/C(=C\C)C(C(C)C)C(=O)Nc2ccccc21.CC.CCCC. The summed E-state index contributed by atoms with van der Waals surface area (Å²) in [5.74, 6) is 0.548. The van der Waals surface area contributed by atoms with Crippen molar-refractivity contribution in [1.82, 2.24) is 0 Å². The highest BCUT2D eigenvalue weighted by Crippen LogP contribution is 2.42. The van der Waals surface area contributed by atoms with Crippen molar-refractivity contribution in [2.24, 2.45) is 11.8 Å². The summed E-state index contributed by atoms with van der Waals surface area (Å²) in [4.78, 5) is 12.6. The lowest BCUT2D eigenvalue weighted by Crippen LogP contribution is -2.28. The first-order valence-corrected chi connectivity index (χ1v) is 10.7. The van der Waals surface area contributed by atoms with Gasteiger partial charge in [-0.05, 0) is 30.9 Å². The number of rotatable bonds is 4. The molecule has 1 aliphatic heterocycles. The molecule has 2 rings (SSSR count). The molecule has 0 saturated carbocycles. The van der Waals surface area contributed by atoms with Crippen molar-refractivity contribution in [2.45, 2.75) is 73.6 Å². The first-order valence-electron chi connectivity index (χ1n) is 10.7. The second-order valence-corrected chi connectivity index (χ2v) is 6.66. The van der Waals surface area contributed by atoms with Crippen LogP contribution in [0.15, 0.2) is 61.7 Å². The largest absolute Gasteiger partial charge is 0.325 e. The van der Waals surface area contributed by atoms with E-state index in [2.05, 4.69) is 64.9 Å². The number of amides is 1. The van der Waals surface area contributed by atoms with E-state index in [0.717, 1.165) is 12.1 Å². The van der Waals surface area contributed by atoms with Crippen LogP contribution in [0.25, 0.3) is 0 Å². The van der Waals surface area contributed by atoms with Crippen molar-refractivity contribution in [1.29, 1.82) is 0 Å². The maximum absolute atomic E-state index is 12.6. The zero-order valence-corrected chi connectivity index (χ0v) is 19.3. The number of fused-ring (bicyclic) bond motifs is 1. The van der Waals surface area contributed by atoms with E-state index >= 15 is 0 Å². The number of hydrogen-bond acceptors (Lipinski definition) is 1. The fraction of sp³-hybridized carbons (Fsp3) is 0.500. The summed E-state index contributed by atoms with van der Waals surface area (Å²) in [6.45, 7) is 24.5. The van der Waals surface area contributed by atoms with Crippen molar-refractivity contribution in [2.75, 3.05) is 5.32 Å². The van der Waals surface area contributed by atoms with E-state index in [9.17, 15) is 4.79 Å². The summed E-state index contributed by atoms with van der Waals surface area (Å²) in [5, 5.41) is 3.09. The van der Waals surface area contributed by atoms with Crippen LogP contribution < -0.4 is 5.32 Å². The molecule has 1 aromatic rings. The van der Waals surface area contributed by atoms with E-state index in [1.807, 2.05) is 45.0 Å². The van der Waals surface area contributed by atoms with Gasteiger partial charge in [0.05, 0.1) is 5.92 Å². The molecular weight excluding hydrogens is 342 g/mol. The van der Waals surface area contributed by atoms with Gasteiger partial charge in [-0.15, -0.1) is 19.7 Å². The van der Waals surface area contributed by atoms with Gasteiger partial charge in [0.25, 0.3) is 0 Å². The third-order valence-electron chi connectivity index (χ3n) is 4.54. The van der Waals surface area contributed by atoms with Gasteiger partial charge in [0.1, 0.15) is 0 Å². The minimum atomic E-state index is -0.0719. The minimum Gasteiger partial charge on any atom is -0.325 e. The summed E-state index contributed by atoms with van der Waals surface area (Å²) in [7, 11) is 0. The van der Waals surface area contributed by atoms with E-state index in [-0.39, 0.29) is 23.7 Å². The Morgan fingerprint density at radius 2 is 1.64 bits per heavy atom. The first kappa shape index (κ1) is 28.1. The number of carbonyl (C=O) groups excluding carboxylic acids is 1. The fourth-order valence-corrected chi connectivity index (χ4v) is 3.17. The van der Waals surface area contributed by atoms with Gasteiger partial charge in [-0.25, -0.2) is 0 Å². The molecule has 0 saturated heterocycles. The maximum Gasteiger partial charge on any atom is 0.231 e. The number of hydrogen-bond donors (Lipinski definition) is 1. The normalized spacial score (nSPS) is 18.7. The first-order chi connectivity index (χ1) is 13.5. The summed E-state index contributed by atoms with van der Waals surface area (Å²) in [5.41, 5.74) is 3.34. The highest BCUT2D eigenvalue weighted by atomic mass is 16.1. The Kier molecular flexibility index (Phi) is 17.1. The van der Waals surface area contributed by atoms with Gasteiger partial charge in [-0.2, -0.15) is 0 Å². The molecule has 2 heteroatoms. The lowest BCUT2D eigenvalue weighted by atomic mass is 9.77. The Morgan fingerprint density at radius 1 is 1.11 bits per heavy atom. The average Bonchev–Trinajstić information content (AvgIpc) is 2.85. The zero-order valence-electron chi connectivity index (χ0n) is 19.3. The van der Waals surface area contributed by atoms with Crippen molar-refractivity contribution >= 4 is 11.6 Å². The Morgan fingerprint density at radius 3 is 2.07 bits per heavy atom. The lowest BCUT2D eigenvalue weighted by molar-refractivity contribution is -0.119. The average molecular weight is 386 g/mol. The molecule has 0 fully saturated rings. The Bertz CT molecular complexity index is 584. The van der Waals surface area contributed by atoms with Crippen LogP contribution >= 0.6 is 0 Å². The molecule has 1 N–H and O–H groups in total. The molecule has 0 aliphatic carbocycles. The Hall–Kier alpha value is -2.09. The van der Waals surface area contributed by atoms with Gasteiger partial charge in [0, 0.05) is 11.6 Å². The second-order valence-electron chi connectivity index (χ2n) is 6.66. The van der Waals surface area contributed by atoms with Crippen LogP contribution in [-0.4, -0.2) is 5.91 Å². The second kappa shape index (κ2) is 17.0. The number of allylic oxidation sites excluding steroid dienone is 2. The quantitative estimate of drug-likeness (QED) is 0.520. The van der Waals surface area contributed by atoms with Gasteiger partial charge in [0.2, 0.25) is 5.91 Å². The van der Waals surface area contributed by atoms with Crippen LogP contribution in [0.1, 0.15) is 79.2 Å². The molecule has 2 unspecified atom stereocenters. The zero-order chi connectivity index (χ0) is 22.1. The van der Waals surface area contributed by atoms with E-state index < -0.39 is 0 Å². The van der Waals surface area contributed by atoms with Crippen LogP contribution in [0.3, 0.4) is 0 Å². The van der Waals surface area contributed by atoms with Gasteiger partial charge < -0.3 is 5.32 Å². The highest BCUT2D eigenvalue weighted by Gasteiger charge is 2.34. The summed E-state index contributed by atoms with van der Waals surface area (Å²) < 4.78 is 0. The molecule has 0 spiro atoms. The van der Waals surface area contributed by atoms with Gasteiger partial charge in [0.15, 0.2) is 0 Å². The Labute approximate surface area is 174 Å². The van der Waals surface area contributed by atoms with Crippen LogP contribution in [0.4, 0.5) is 5.69 Å². The molecule has 0 bridgehead atoms. The van der Waals surface area contributed by atoms with E-state index in [0.29, 0.717) is 0 Å². The van der Waals surface area contributed by atoms with Crippen molar-refractivity contribution in [3.63, 3.8) is 0 Å². The third kappa shape index (κ3) is 8.29. The predicted octanol–water partition coefficient (Wildman–Crippen LogP) is 8.15. The number of anilines is 1. The molecule has 1 aromatic carbocycles. The van der Waals surface area contributed by atoms with E-state index in [1.165, 1.54) is 24.0 Å².